The van der Waals surface area contributed by atoms with Gasteiger partial charge in [-0.15, -0.1) is 0 Å². The van der Waals surface area contributed by atoms with Gasteiger partial charge in [-0.3, -0.25) is 4.79 Å². The van der Waals surface area contributed by atoms with E-state index in [0.717, 1.165) is 0 Å². The lowest BCUT2D eigenvalue weighted by atomic mass is 9.93. The Balaban J connectivity index is 0. The van der Waals surface area contributed by atoms with E-state index in [0.29, 0.717) is 13.0 Å². The van der Waals surface area contributed by atoms with E-state index in [1.165, 1.54) is 11.1 Å². The topological polar surface area (TPSA) is 20.3 Å². The summed E-state index contributed by atoms with van der Waals surface area (Å²) < 4.78 is 0. The van der Waals surface area contributed by atoms with Crippen molar-refractivity contribution in [1.29, 1.82) is 0 Å². The number of alkyl halides is 1. The van der Waals surface area contributed by atoms with E-state index in [1.807, 2.05) is 88.7 Å². The summed E-state index contributed by atoms with van der Waals surface area (Å²) in [5.41, 5.74) is 2.42. The standard InChI is InChI=1S/C16H15NO.3C2H6.CH3Br/c18-16-11-15(14-9-5-2-6-10-14)17(16)12-13-7-3-1-4-8-13;4*1-2/h1-10,15H,11-12H2;3*1-2H3;1H3/t15-;;;;/m0..../s1. The van der Waals surface area contributed by atoms with Gasteiger partial charge in [-0.1, -0.05) is 118 Å². The summed E-state index contributed by atoms with van der Waals surface area (Å²) in [6.07, 6.45) is 0.636. The zero-order valence-corrected chi connectivity index (χ0v) is 19.1. The number of likely N-dealkylation sites (tertiary alicyclic amines) is 1. The molecule has 0 saturated carbocycles. The average molecular weight is 422 g/mol. The van der Waals surface area contributed by atoms with Crippen molar-refractivity contribution in [3.63, 3.8) is 0 Å². The number of halogens is 1. The van der Waals surface area contributed by atoms with Gasteiger partial charge in [0.15, 0.2) is 0 Å². The molecule has 0 aliphatic carbocycles. The van der Waals surface area contributed by atoms with Crippen molar-refractivity contribution in [2.75, 3.05) is 5.83 Å². The minimum Gasteiger partial charge on any atom is -0.331 e. The van der Waals surface area contributed by atoms with Crippen molar-refractivity contribution >= 4 is 21.8 Å². The highest BCUT2D eigenvalue weighted by molar-refractivity contribution is 9.08. The number of amides is 1. The lowest BCUT2D eigenvalue weighted by Crippen LogP contribution is -2.45. The van der Waals surface area contributed by atoms with Crippen LogP contribution in [-0.2, 0) is 11.3 Å². The minimum atomic E-state index is 0.243. The molecule has 0 spiro atoms. The Morgan fingerprint density at radius 3 is 1.65 bits per heavy atom. The fraction of sp³-hybridized carbons (Fsp3) is 0.435. The normalized spacial score (nSPS) is 13.8. The highest BCUT2D eigenvalue weighted by atomic mass is 79.9. The summed E-state index contributed by atoms with van der Waals surface area (Å²) in [4.78, 5) is 13.7. The molecule has 26 heavy (non-hydrogen) atoms. The van der Waals surface area contributed by atoms with Gasteiger partial charge in [0.25, 0.3) is 0 Å². The third-order valence-corrected chi connectivity index (χ3v) is 3.44. The number of β-lactam (4-membered cyclic amide) rings is 1. The lowest BCUT2D eigenvalue weighted by molar-refractivity contribution is -0.147. The van der Waals surface area contributed by atoms with Crippen LogP contribution in [0.3, 0.4) is 0 Å². The fourth-order valence-corrected chi connectivity index (χ4v) is 2.41. The highest BCUT2D eigenvalue weighted by Crippen LogP contribution is 2.35. The van der Waals surface area contributed by atoms with E-state index >= 15 is 0 Å². The molecule has 1 fully saturated rings. The third-order valence-electron chi connectivity index (χ3n) is 3.44. The molecule has 2 nitrogen and oxygen atoms in total. The molecule has 0 aromatic heterocycles. The van der Waals surface area contributed by atoms with Gasteiger partial charge in [0.2, 0.25) is 5.91 Å². The number of rotatable bonds is 3. The molecule has 1 aliphatic heterocycles. The van der Waals surface area contributed by atoms with Crippen molar-refractivity contribution < 1.29 is 4.79 Å². The molecule has 3 heteroatoms. The van der Waals surface area contributed by atoms with Crippen molar-refractivity contribution in [2.24, 2.45) is 0 Å². The van der Waals surface area contributed by atoms with Crippen molar-refractivity contribution in [2.45, 2.75) is 60.5 Å². The van der Waals surface area contributed by atoms with E-state index in [-0.39, 0.29) is 11.9 Å². The SMILES string of the molecule is CBr.CC.CC.CC.O=C1C[C@@H](c2ccccc2)N1Cc1ccccc1. The first-order valence-electron chi connectivity index (χ1n) is 9.61. The monoisotopic (exact) mass is 421 g/mol. The summed E-state index contributed by atoms with van der Waals surface area (Å²) in [6, 6.07) is 20.6. The van der Waals surface area contributed by atoms with Gasteiger partial charge >= 0.3 is 0 Å². The van der Waals surface area contributed by atoms with Gasteiger partial charge < -0.3 is 4.90 Å². The molecule has 0 unspecified atom stereocenters. The first-order valence-corrected chi connectivity index (χ1v) is 11.2. The van der Waals surface area contributed by atoms with Gasteiger partial charge in [-0.2, -0.15) is 0 Å². The molecule has 1 heterocycles. The maximum atomic E-state index is 11.7. The Hall–Kier alpha value is -1.61. The smallest absolute Gasteiger partial charge is 0.225 e. The summed E-state index contributed by atoms with van der Waals surface area (Å²) in [5, 5.41) is 0. The van der Waals surface area contributed by atoms with Gasteiger partial charge in [0.05, 0.1) is 12.5 Å². The largest absolute Gasteiger partial charge is 0.331 e. The van der Waals surface area contributed by atoms with E-state index < -0.39 is 0 Å². The molecule has 1 atom stereocenters. The number of nitrogens with zero attached hydrogens (tertiary/aromatic N) is 1. The predicted molar refractivity (Wildman–Crippen MR) is 120 cm³/mol. The Morgan fingerprint density at radius 1 is 0.808 bits per heavy atom. The molecule has 0 radical (unpaired) electrons. The summed E-state index contributed by atoms with van der Waals surface area (Å²) in [7, 11) is 0. The third kappa shape index (κ3) is 8.66. The first kappa shape index (κ1) is 26.6. The zero-order chi connectivity index (χ0) is 20.4. The summed E-state index contributed by atoms with van der Waals surface area (Å²) >= 11 is 2.94. The second-order valence-corrected chi connectivity index (χ2v) is 4.64. The maximum Gasteiger partial charge on any atom is 0.225 e. The maximum absolute atomic E-state index is 11.7. The van der Waals surface area contributed by atoms with Crippen LogP contribution in [0.25, 0.3) is 0 Å². The Labute approximate surface area is 169 Å². The van der Waals surface area contributed by atoms with Crippen LogP contribution in [-0.4, -0.2) is 16.6 Å². The van der Waals surface area contributed by atoms with Crippen LogP contribution in [0.5, 0.6) is 0 Å². The lowest BCUT2D eigenvalue weighted by Gasteiger charge is -2.41. The van der Waals surface area contributed by atoms with Crippen molar-refractivity contribution in [3.05, 3.63) is 71.8 Å². The number of hydrogen-bond acceptors (Lipinski definition) is 1. The average Bonchev–Trinajstić information content (AvgIpc) is 2.77. The minimum absolute atomic E-state index is 0.243. The van der Waals surface area contributed by atoms with E-state index in [9.17, 15) is 4.79 Å². The number of carbonyl (C=O) groups excluding carboxylic acids is 1. The Bertz CT molecular complexity index is 543. The van der Waals surface area contributed by atoms with Gasteiger partial charge in [-0.25, -0.2) is 0 Å². The predicted octanol–water partition coefficient (Wildman–Crippen LogP) is 7.25. The van der Waals surface area contributed by atoms with E-state index in [4.69, 9.17) is 0 Å². The molecule has 1 amide bonds. The molecule has 2 aromatic rings. The summed E-state index contributed by atoms with van der Waals surface area (Å²) in [5.74, 6) is 2.06. The molecule has 0 N–H and O–H groups in total. The molecule has 3 rings (SSSR count). The van der Waals surface area contributed by atoms with Crippen LogP contribution >= 0.6 is 15.9 Å². The zero-order valence-electron chi connectivity index (χ0n) is 17.5. The second kappa shape index (κ2) is 18.2. The molecule has 2 aromatic carbocycles. The van der Waals surface area contributed by atoms with Crippen molar-refractivity contribution in [3.8, 4) is 0 Å². The van der Waals surface area contributed by atoms with Crippen molar-refractivity contribution in [1.82, 2.24) is 4.90 Å². The van der Waals surface area contributed by atoms with Crippen LogP contribution in [0.4, 0.5) is 0 Å². The number of hydrogen-bond donors (Lipinski definition) is 0. The highest BCUT2D eigenvalue weighted by Gasteiger charge is 2.36. The quantitative estimate of drug-likeness (QED) is 0.377. The van der Waals surface area contributed by atoms with Crippen LogP contribution in [0.15, 0.2) is 60.7 Å². The molecule has 1 aliphatic rings. The fourth-order valence-electron chi connectivity index (χ4n) is 2.41. The van der Waals surface area contributed by atoms with E-state index in [2.05, 4.69) is 40.2 Å². The van der Waals surface area contributed by atoms with Gasteiger partial charge in [0, 0.05) is 6.54 Å². The van der Waals surface area contributed by atoms with Crippen LogP contribution < -0.4 is 0 Å². The molecule has 146 valence electrons. The van der Waals surface area contributed by atoms with Gasteiger partial charge in [-0.05, 0) is 17.0 Å². The Kier molecular flexibility index (Phi) is 18.6. The van der Waals surface area contributed by atoms with Crippen LogP contribution in [0.2, 0.25) is 0 Å². The van der Waals surface area contributed by atoms with Crippen LogP contribution in [0.1, 0.15) is 65.1 Å². The number of benzene rings is 2. The summed E-state index contributed by atoms with van der Waals surface area (Å²) in [6.45, 7) is 12.7. The van der Waals surface area contributed by atoms with Crippen LogP contribution in [0, 0.1) is 0 Å². The second-order valence-electron chi connectivity index (χ2n) is 4.64. The molecule has 1 saturated heterocycles. The van der Waals surface area contributed by atoms with E-state index in [1.54, 1.807) is 0 Å². The molecular formula is C23H36BrNO. The first-order chi connectivity index (χ1) is 12.8. The Morgan fingerprint density at radius 2 is 1.23 bits per heavy atom. The number of carbonyl (C=O) groups is 1. The van der Waals surface area contributed by atoms with Gasteiger partial charge in [0.1, 0.15) is 0 Å². The molecular weight excluding hydrogens is 386 g/mol. The molecule has 0 bridgehead atoms.